The first-order chi connectivity index (χ1) is 13.5. The number of aldehydes is 1. The van der Waals surface area contributed by atoms with Crippen molar-refractivity contribution in [3.8, 4) is 22.8 Å². The van der Waals surface area contributed by atoms with Crippen LogP contribution >= 0.6 is 0 Å². The monoisotopic (exact) mass is 377 g/mol. The van der Waals surface area contributed by atoms with Gasteiger partial charge in [-0.25, -0.2) is 0 Å². The molecule has 0 aliphatic carbocycles. The smallest absolute Gasteiger partial charge is 0.197 e. The molecule has 1 aliphatic heterocycles. The van der Waals surface area contributed by atoms with E-state index in [0.29, 0.717) is 35.4 Å². The number of carbonyl (C=O) groups excluding carboxylic acids is 1. The van der Waals surface area contributed by atoms with Crippen LogP contribution in [0.15, 0.2) is 51.7 Å². The maximum absolute atomic E-state index is 12.7. The molecule has 6 heteroatoms. The van der Waals surface area contributed by atoms with Gasteiger partial charge in [-0.3, -0.25) is 9.59 Å². The fourth-order valence-electron chi connectivity index (χ4n) is 3.48. The van der Waals surface area contributed by atoms with Gasteiger partial charge in [-0.1, -0.05) is 30.3 Å². The summed E-state index contributed by atoms with van der Waals surface area (Å²) in [6.07, 6.45) is 3.41. The normalized spacial score (nSPS) is 14.8. The number of hydrogen-bond acceptors (Lipinski definition) is 6. The summed E-state index contributed by atoms with van der Waals surface area (Å²) >= 11 is 0. The van der Waals surface area contributed by atoms with E-state index in [1.54, 1.807) is 24.3 Å². The van der Waals surface area contributed by atoms with Crippen molar-refractivity contribution in [1.29, 1.82) is 0 Å². The predicted octanol–water partition coefficient (Wildman–Crippen LogP) is 3.40. The lowest BCUT2D eigenvalue weighted by Gasteiger charge is -2.23. The van der Waals surface area contributed by atoms with Crippen molar-refractivity contribution in [3.05, 3.63) is 63.8 Å². The van der Waals surface area contributed by atoms with Crippen LogP contribution in [0.25, 0.3) is 27.9 Å². The molecule has 28 heavy (non-hydrogen) atoms. The van der Waals surface area contributed by atoms with Crippen LogP contribution in [0.5, 0.6) is 11.5 Å². The Balaban J connectivity index is 1.97. The fraction of sp³-hybridized carbons (Fsp3) is 0.182. The van der Waals surface area contributed by atoms with Gasteiger partial charge in [0.25, 0.3) is 0 Å². The van der Waals surface area contributed by atoms with Gasteiger partial charge in [-0.05, 0) is 19.0 Å². The highest BCUT2D eigenvalue weighted by atomic mass is 16.3. The molecule has 2 heterocycles. The molecule has 0 saturated heterocycles. The largest absolute Gasteiger partial charge is 0.507 e. The van der Waals surface area contributed by atoms with E-state index in [9.17, 15) is 19.8 Å². The van der Waals surface area contributed by atoms with E-state index < -0.39 is 5.43 Å². The molecule has 4 rings (SSSR count). The Morgan fingerprint density at radius 1 is 1.11 bits per heavy atom. The number of benzene rings is 2. The van der Waals surface area contributed by atoms with Gasteiger partial charge in [-0.15, -0.1) is 0 Å². The van der Waals surface area contributed by atoms with Crippen LogP contribution in [0.2, 0.25) is 0 Å². The molecule has 1 aliphatic rings. The molecule has 0 atom stereocenters. The average molecular weight is 377 g/mol. The highest BCUT2D eigenvalue weighted by Gasteiger charge is 2.22. The topological polar surface area (TPSA) is 91.0 Å². The Morgan fingerprint density at radius 3 is 2.50 bits per heavy atom. The second-order valence-electron chi connectivity index (χ2n) is 6.95. The Bertz CT molecular complexity index is 1160. The van der Waals surface area contributed by atoms with E-state index in [-0.39, 0.29) is 22.5 Å². The van der Waals surface area contributed by atoms with Gasteiger partial charge >= 0.3 is 0 Å². The van der Waals surface area contributed by atoms with Crippen LogP contribution < -0.4 is 5.43 Å². The van der Waals surface area contributed by atoms with Gasteiger partial charge in [-0.2, -0.15) is 0 Å². The summed E-state index contributed by atoms with van der Waals surface area (Å²) in [5, 5.41) is 20.8. The molecule has 2 N–H and O–H groups in total. The Hall–Kier alpha value is -3.38. The number of aromatic hydroxyl groups is 2. The zero-order valence-corrected chi connectivity index (χ0v) is 15.3. The molecule has 0 fully saturated rings. The number of rotatable bonds is 3. The summed E-state index contributed by atoms with van der Waals surface area (Å²) in [7, 11) is 2.00. The summed E-state index contributed by atoms with van der Waals surface area (Å²) in [6, 6.07) is 9.13. The summed E-state index contributed by atoms with van der Waals surface area (Å²) in [6.45, 7) is 1.53. The van der Waals surface area contributed by atoms with Crippen LogP contribution in [0, 0.1) is 0 Å². The molecule has 3 aromatic rings. The minimum Gasteiger partial charge on any atom is -0.507 e. The zero-order chi connectivity index (χ0) is 19.8. The lowest BCUT2D eigenvalue weighted by molar-refractivity contribution is 0.112. The van der Waals surface area contributed by atoms with E-state index in [1.807, 2.05) is 13.1 Å². The molecule has 0 bridgehead atoms. The van der Waals surface area contributed by atoms with Gasteiger partial charge in [0.15, 0.2) is 11.0 Å². The van der Waals surface area contributed by atoms with Gasteiger partial charge in [0.1, 0.15) is 28.9 Å². The molecule has 0 radical (unpaired) electrons. The minimum atomic E-state index is -0.400. The summed E-state index contributed by atoms with van der Waals surface area (Å²) < 4.78 is 6.01. The van der Waals surface area contributed by atoms with Crippen molar-refractivity contribution in [2.75, 3.05) is 20.1 Å². The van der Waals surface area contributed by atoms with E-state index in [4.69, 9.17) is 4.42 Å². The van der Waals surface area contributed by atoms with Gasteiger partial charge in [0, 0.05) is 36.3 Å². The second kappa shape index (κ2) is 6.98. The van der Waals surface area contributed by atoms with Crippen molar-refractivity contribution in [2.24, 2.45) is 0 Å². The van der Waals surface area contributed by atoms with Crippen molar-refractivity contribution in [2.45, 2.75) is 6.42 Å². The molecule has 0 unspecified atom stereocenters. The van der Waals surface area contributed by atoms with E-state index in [0.717, 1.165) is 18.4 Å². The van der Waals surface area contributed by atoms with Crippen molar-refractivity contribution in [3.63, 3.8) is 0 Å². The Kier molecular flexibility index (Phi) is 4.49. The Morgan fingerprint density at radius 2 is 1.86 bits per heavy atom. The first-order valence-corrected chi connectivity index (χ1v) is 8.94. The third-order valence-electron chi connectivity index (χ3n) is 5.03. The molecule has 0 saturated carbocycles. The molecule has 0 amide bonds. The number of hydrogen-bond donors (Lipinski definition) is 2. The lowest BCUT2D eigenvalue weighted by Crippen LogP contribution is -2.23. The second-order valence-corrected chi connectivity index (χ2v) is 6.95. The van der Waals surface area contributed by atoms with E-state index in [1.165, 1.54) is 12.1 Å². The average Bonchev–Trinajstić information content (AvgIpc) is 2.68. The Labute approximate surface area is 161 Å². The number of phenolic OH excluding ortho intramolecular Hbond substituents is 2. The standard InChI is InChI=1S/C22H19NO5/c1-23-8-6-15(7-9-23)20-16(25)10-17(26)21-18(27)11-19(28-22(20)21)14-4-2-13(12-24)3-5-14/h2-6,10-12,25-26H,7-9H2,1H3. The molecule has 1 aromatic heterocycles. The fourth-order valence-corrected chi connectivity index (χ4v) is 3.48. The third-order valence-corrected chi connectivity index (χ3v) is 5.03. The van der Waals surface area contributed by atoms with Gasteiger partial charge in [0.2, 0.25) is 0 Å². The zero-order valence-electron chi connectivity index (χ0n) is 15.3. The molecular formula is C22H19NO5. The van der Waals surface area contributed by atoms with Crippen LogP contribution in [-0.2, 0) is 0 Å². The number of fused-ring (bicyclic) bond motifs is 1. The maximum Gasteiger partial charge on any atom is 0.197 e. The maximum atomic E-state index is 12.7. The summed E-state index contributed by atoms with van der Waals surface area (Å²) in [4.78, 5) is 25.7. The molecule has 2 aromatic carbocycles. The van der Waals surface area contributed by atoms with E-state index in [2.05, 4.69) is 4.90 Å². The number of likely N-dealkylation sites (N-methyl/N-ethyl adjacent to an activating group) is 1. The van der Waals surface area contributed by atoms with Crippen LogP contribution in [0.3, 0.4) is 0 Å². The minimum absolute atomic E-state index is 0.0425. The summed E-state index contributed by atoms with van der Waals surface area (Å²) in [5.41, 5.74) is 2.20. The van der Waals surface area contributed by atoms with Crippen LogP contribution in [0.1, 0.15) is 22.3 Å². The molecule has 142 valence electrons. The third kappa shape index (κ3) is 3.08. The molecule has 0 spiro atoms. The number of phenols is 2. The van der Waals surface area contributed by atoms with Gasteiger partial charge in [0.05, 0.1) is 5.56 Å². The first-order valence-electron chi connectivity index (χ1n) is 8.94. The quantitative estimate of drug-likeness (QED) is 0.680. The highest BCUT2D eigenvalue weighted by molar-refractivity contribution is 5.96. The SMILES string of the molecule is CN1CC=C(c2c(O)cc(O)c3c(=O)cc(-c4ccc(C=O)cc4)oc23)CC1. The van der Waals surface area contributed by atoms with Crippen molar-refractivity contribution < 1.29 is 19.4 Å². The lowest BCUT2D eigenvalue weighted by atomic mass is 9.95. The van der Waals surface area contributed by atoms with Crippen LogP contribution in [0.4, 0.5) is 0 Å². The van der Waals surface area contributed by atoms with Crippen molar-refractivity contribution in [1.82, 2.24) is 4.90 Å². The number of carbonyl (C=O) groups is 1. The van der Waals surface area contributed by atoms with Crippen molar-refractivity contribution >= 4 is 22.8 Å². The number of nitrogens with zero attached hydrogens (tertiary/aromatic N) is 1. The van der Waals surface area contributed by atoms with Gasteiger partial charge < -0.3 is 19.5 Å². The summed E-state index contributed by atoms with van der Waals surface area (Å²) in [5.74, 6) is -0.145. The molecular weight excluding hydrogens is 358 g/mol. The predicted molar refractivity (Wildman–Crippen MR) is 107 cm³/mol. The van der Waals surface area contributed by atoms with Crippen LogP contribution in [-0.4, -0.2) is 41.5 Å². The first kappa shape index (κ1) is 18.0. The molecule has 6 nitrogen and oxygen atoms in total. The van der Waals surface area contributed by atoms with E-state index >= 15 is 0 Å². The highest BCUT2D eigenvalue weighted by Crippen LogP contribution is 2.40.